The maximum Gasteiger partial charge on any atom is 0.325 e. The van der Waals surface area contributed by atoms with Gasteiger partial charge in [-0.25, -0.2) is 0 Å². The number of carbonyl (C=O) groups is 4. The van der Waals surface area contributed by atoms with Crippen molar-refractivity contribution in [1.29, 1.82) is 0 Å². The van der Waals surface area contributed by atoms with Crippen LogP contribution >= 0.6 is 0 Å². The summed E-state index contributed by atoms with van der Waals surface area (Å²) in [4.78, 5) is 49.8. The van der Waals surface area contributed by atoms with E-state index in [4.69, 9.17) is 5.11 Å². The van der Waals surface area contributed by atoms with Crippen LogP contribution in [0.1, 0.15) is 45.6 Å². The third-order valence-corrected chi connectivity index (χ3v) is 5.81. The third kappa shape index (κ3) is 7.33. The van der Waals surface area contributed by atoms with Crippen LogP contribution in [-0.2, 0) is 25.6 Å². The van der Waals surface area contributed by atoms with Crippen molar-refractivity contribution in [3.8, 4) is 0 Å². The number of hydrogen-bond acceptors (Lipinski definition) is 5. The highest BCUT2D eigenvalue weighted by molar-refractivity contribution is 5.94. The van der Waals surface area contributed by atoms with Crippen LogP contribution in [0.3, 0.4) is 0 Å². The molecular formula is C23H34N4O5. The van der Waals surface area contributed by atoms with E-state index < -0.39 is 35.9 Å². The lowest BCUT2D eigenvalue weighted by Crippen LogP contribution is -2.58. The van der Waals surface area contributed by atoms with Gasteiger partial charge in [-0.1, -0.05) is 50.6 Å². The predicted molar refractivity (Wildman–Crippen MR) is 120 cm³/mol. The lowest BCUT2D eigenvalue weighted by molar-refractivity contribution is -0.141. The monoisotopic (exact) mass is 446 g/mol. The van der Waals surface area contributed by atoms with E-state index in [1.54, 1.807) is 0 Å². The Morgan fingerprint density at radius 2 is 1.75 bits per heavy atom. The topological polar surface area (TPSA) is 137 Å². The molecule has 5 N–H and O–H groups in total. The second kappa shape index (κ2) is 12.2. The molecule has 2 rings (SSSR count). The molecule has 32 heavy (non-hydrogen) atoms. The summed E-state index contributed by atoms with van der Waals surface area (Å²) in [6.07, 6.45) is 2.46. The van der Waals surface area contributed by atoms with Crippen molar-refractivity contribution in [2.24, 2.45) is 5.92 Å². The molecule has 0 radical (unpaired) electrons. The zero-order valence-electron chi connectivity index (χ0n) is 18.9. The summed E-state index contributed by atoms with van der Waals surface area (Å²) in [7, 11) is 0. The van der Waals surface area contributed by atoms with Crippen LogP contribution in [0.4, 0.5) is 0 Å². The van der Waals surface area contributed by atoms with Crippen LogP contribution in [0.2, 0.25) is 0 Å². The van der Waals surface area contributed by atoms with Crippen LogP contribution in [0.5, 0.6) is 0 Å². The fourth-order valence-electron chi connectivity index (χ4n) is 3.56. The average Bonchev–Trinajstić information content (AvgIpc) is 3.32. The van der Waals surface area contributed by atoms with Crippen molar-refractivity contribution in [3.63, 3.8) is 0 Å². The number of hydrogen-bond donors (Lipinski definition) is 5. The zero-order valence-corrected chi connectivity index (χ0v) is 18.9. The summed E-state index contributed by atoms with van der Waals surface area (Å²) in [6.45, 7) is 5.91. The van der Waals surface area contributed by atoms with Gasteiger partial charge in [-0.3, -0.25) is 19.2 Å². The first-order valence-electron chi connectivity index (χ1n) is 11.1. The van der Waals surface area contributed by atoms with Crippen molar-refractivity contribution in [2.75, 3.05) is 6.54 Å². The molecule has 0 spiro atoms. The molecule has 1 aromatic rings. The van der Waals surface area contributed by atoms with Gasteiger partial charge in [0.15, 0.2) is 0 Å². The number of carbonyl (C=O) groups excluding carboxylic acids is 3. The summed E-state index contributed by atoms with van der Waals surface area (Å²) >= 11 is 0. The van der Waals surface area contributed by atoms with Crippen molar-refractivity contribution >= 4 is 23.7 Å². The highest BCUT2D eigenvalue weighted by Gasteiger charge is 2.33. The number of benzene rings is 1. The maximum atomic E-state index is 13.2. The third-order valence-electron chi connectivity index (χ3n) is 5.81. The van der Waals surface area contributed by atoms with Gasteiger partial charge in [-0.15, -0.1) is 0 Å². The van der Waals surface area contributed by atoms with Crippen LogP contribution in [0.15, 0.2) is 30.3 Å². The maximum absolute atomic E-state index is 13.2. The summed E-state index contributed by atoms with van der Waals surface area (Å²) < 4.78 is 0. The Balaban J connectivity index is 2.16. The molecular weight excluding hydrogens is 412 g/mol. The number of rotatable bonds is 11. The van der Waals surface area contributed by atoms with E-state index in [2.05, 4.69) is 21.3 Å². The summed E-state index contributed by atoms with van der Waals surface area (Å²) in [5.74, 6) is -2.62. The van der Waals surface area contributed by atoms with E-state index in [0.29, 0.717) is 12.8 Å². The molecule has 1 aromatic carbocycles. The highest BCUT2D eigenvalue weighted by Crippen LogP contribution is 2.12. The molecule has 1 aliphatic heterocycles. The standard InChI is InChI=1S/C23H34N4O5/c1-4-14(2)19(27-20(28)17-11-8-12-24-17)22(30)26-18(13-16-9-6-5-7-10-16)21(29)25-15(3)23(31)32/h5-7,9-10,14-15,17-19,24H,4,8,11-13H2,1-3H3,(H,25,29)(H,26,30)(H,27,28)(H,31,32). The number of aliphatic carboxylic acids is 1. The lowest BCUT2D eigenvalue weighted by atomic mass is 9.96. The van der Waals surface area contributed by atoms with Crippen molar-refractivity contribution < 1.29 is 24.3 Å². The SMILES string of the molecule is CCC(C)C(NC(=O)C1CCCN1)C(=O)NC(Cc1ccccc1)C(=O)NC(C)C(=O)O. The Kier molecular flexibility index (Phi) is 9.64. The molecule has 1 aliphatic rings. The molecule has 5 unspecified atom stereocenters. The van der Waals surface area contributed by atoms with Gasteiger partial charge in [0, 0.05) is 6.42 Å². The van der Waals surface area contributed by atoms with Crippen molar-refractivity contribution in [3.05, 3.63) is 35.9 Å². The van der Waals surface area contributed by atoms with E-state index in [1.807, 2.05) is 44.2 Å². The van der Waals surface area contributed by atoms with E-state index in [0.717, 1.165) is 18.5 Å². The van der Waals surface area contributed by atoms with Gasteiger partial charge in [0.2, 0.25) is 17.7 Å². The molecule has 0 aliphatic carbocycles. The van der Waals surface area contributed by atoms with E-state index in [1.165, 1.54) is 6.92 Å². The molecule has 9 nitrogen and oxygen atoms in total. The van der Waals surface area contributed by atoms with Gasteiger partial charge >= 0.3 is 5.97 Å². The molecule has 0 saturated carbocycles. The smallest absolute Gasteiger partial charge is 0.325 e. The average molecular weight is 447 g/mol. The zero-order chi connectivity index (χ0) is 23.7. The molecule has 9 heteroatoms. The van der Waals surface area contributed by atoms with E-state index in [9.17, 15) is 19.2 Å². The fraction of sp³-hybridized carbons (Fsp3) is 0.565. The van der Waals surface area contributed by atoms with Crippen molar-refractivity contribution in [1.82, 2.24) is 21.3 Å². The van der Waals surface area contributed by atoms with Gasteiger partial charge in [0.05, 0.1) is 6.04 Å². The van der Waals surface area contributed by atoms with Crippen molar-refractivity contribution in [2.45, 2.75) is 70.6 Å². The first-order chi connectivity index (χ1) is 15.2. The Hall–Kier alpha value is -2.94. The van der Waals surface area contributed by atoms with Gasteiger partial charge in [-0.2, -0.15) is 0 Å². The first-order valence-corrected chi connectivity index (χ1v) is 11.1. The van der Waals surface area contributed by atoms with Gasteiger partial charge in [0.25, 0.3) is 0 Å². The van der Waals surface area contributed by atoms with Gasteiger partial charge in [-0.05, 0) is 37.8 Å². The van der Waals surface area contributed by atoms with E-state index >= 15 is 0 Å². The van der Waals surface area contributed by atoms with Crippen LogP contribution in [-0.4, -0.2) is 59.5 Å². The minimum atomic E-state index is -1.17. The molecule has 5 atom stereocenters. The lowest BCUT2D eigenvalue weighted by Gasteiger charge is -2.28. The second-order valence-electron chi connectivity index (χ2n) is 8.34. The van der Waals surface area contributed by atoms with Crippen LogP contribution in [0.25, 0.3) is 0 Å². The Labute approximate surface area is 188 Å². The number of carboxylic acids is 1. The predicted octanol–water partition coefficient (Wildman–Crippen LogP) is 0.586. The summed E-state index contributed by atoms with van der Waals surface area (Å²) in [5.41, 5.74) is 0.815. The Morgan fingerprint density at radius 3 is 2.31 bits per heavy atom. The molecule has 1 saturated heterocycles. The number of carboxylic acid groups (broad SMARTS) is 1. The normalized spacial score (nSPS) is 19.3. The second-order valence-corrected chi connectivity index (χ2v) is 8.34. The highest BCUT2D eigenvalue weighted by atomic mass is 16.4. The van der Waals surface area contributed by atoms with Crippen LogP contribution < -0.4 is 21.3 Å². The van der Waals surface area contributed by atoms with E-state index in [-0.39, 0.29) is 24.3 Å². The minimum Gasteiger partial charge on any atom is -0.480 e. The molecule has 176 valence electrons. The minimum absolute atomic E-state index is 0.154. The largest absolute Gasteiger partial charge is 0.480 e. The summed E-state index contributed by atoms with van der Waals surface area (Å²) in [6, 6.07) is 5.92. The molecule has 0 aromatic heterocycles. The molecule has 0 bridgehead atoms. The van der Waals surface area contributed by atoms with Crippen LogP contribution in [0, 0.1) is 5.92 Å². The molecule has 1 fully saturated rings. The van der Waals surface area contributed by atoms with Gasteiger partial charge < -0.3 is 26.4 Å². The Bertz CT molecular complexity index is 795. The fourth-order valence-corrected chi connectivity index (χ4v) is 3.56. The first kappa shape index (κ1) is 25.3. The Morgan fingerprint density at radius 1 is 1.06 bits per heavy atom. The molecule has 3 amide bonds. The molecule has 1 heterocycles. The number of amides is 3. The quantitative estimate of drug-likeness (QED) is 0.337. The van der Waals surface area contributed by atoms with Gasteiger partial charge in [0.1, 0.15) is 18.1 Å². The number of nitrogens with one attached hydrogen (secondary N) is 4. The summed E-state index contributed by atoms with van der Waals surface area (Å²) in [5, 5.41) is 20.2.